The van der Waals surface area contributed by atoms with Crippen molar-refractivity contribution >= 4 is 21.7 Å². The molecular formula is C30H51BrO2. The summed E-state index contributed by atoms with van der Waals surface area (Å²) in [5.41, 5.74) is 0.609. The Morgan fingerprint density at radius 2 is 1.76 bits per heavy atom. The van der Waals surface area contributed by atoms with Gasteiger partial charge < -0.3 is 9.90 Å². The van der Waals surface area contributed by atoms with Crippen molar-refractivity contribution < 1.29 is 9.90 Å². The van der Waals surface area contributed by atoms with Gasteiger partial charge in [-0.3, -0.25) is 0 Å². The summed E-state index contributed by atoms with van der Waals surface area (Å²) in [5, 5.41) is 11.6. The van der Waals surface area contributed by atoms with Gasteiger partial charge in [-0.05, 0) is 111 Å². The zero-order chi connectivity index (χ0) is 24.2. The molecule has 0 aliphatic heterocycles. The molecule has 0 aromatic carbocycles. The van der Waals surface area contributed by atoms with E-state index in [9.17, 15) is 9.90 Å². The van der Waals surface area contributed by atoms with E-state index in [-0.39, 0.29) is 15.8 Å². The van der Waals surface area contributed by atoms with Crippen LogP contribution in [0.4, 0.5) is 0 Å². The Bertz CT molecular complexity index is 720. The molecule has 190 valence electrons. The molecule has 0 spiro atoms. The molecule has 0 amide bonds. The third-order valence-corrected chi connectivity index (χ3v) is 13.4. The van der Waals surface area contributed by atoms with E-state index in [1.54, 1.807) is 6.92 Å². The fourth-order valence-electron chi connectivity index (χ4n) is 9.93. The molecule has 3 heteroatoms. The molecule has 33 heavy (non-hydrogen) atoms. The Morgan fingerprint density at radius 3 is 2.42 bits per heavy atom. The van der Waals surface area contributed by atoms with Crippen molar-refractivity contribution in [2.45, 2.75) is 129 Å². The highest BCUT2D eigenvalue weighted by molar-refractivity contribution is 9.10. The average molecular weight is 524 g/mol. The van der Waals surface area contributed by atoms with Crippen LogP contribution in [0, 0.1) is 52.3 Å². The summed E-state index contributed by atoms with van der Waals surface area (Å²) in [6, 6.07) is 0. The van der Waals surface area contributed by atoms with Gasteiger partial charge in [0, 0.05) is 6.42 Å². The standard InChI is InChI=1S/C30H51BrO2/c1-19(2)8-7-9-20(3)24-10-11-25-23-17-27(33)30(31)18-22(16-21(4)32)12-15-29(30,6)26(23)13-14-28(24,25)5/h19-20,22-27,33H,7-18H2,1-6H3/t20-,22-,23+,24-,25+,26+,27-,28-,29?,30+/m1/s1. The van der Waals surface area contributed by atoms with Crippen LogP contribution in [0.15, 0.2) is 0 Å². The molecule has 4 aliphatic carbocycles. The Balaban J connectivity index is 1.51. The molecule has 0 aromatic heterocycles. The Kier molecular flexibility index (Phi) is 7.56. The number of halogens is 1. The lowest BCUT2D eigenvalue weighted by Gasteiger charge is -2.66. The predicted molar refractivity (Wildman–Crippen MR) is 141 cm³/mol. The number of rotatable bonds is 7. The quantitative estimate of drug-likeness (QED) is 0.342. The second-order valence-corrected chi connectivity index (χ2v) is 15.4. The van der Waals surface area contributed by atoms with Gasteiger partial charge in [0.25, 0.3) is 0 Å². The summed E-state index contributed by atoms with van der Waals surface area (Å²) >= 11 is 4.19. The van der Waals surface area contributed by atoms with Gasteiger partial charge in [-0.1, -0.05) is 69.8 Å². The van der Waals surface area contributed by atoms with E-state index >= 15 is 0 Å². The molecule has 0 aromatic rings. The van der Waals surface area contributed by atoms with Crippen LogP contribution >= 0.6 is 15.9 Å². The highest BCUT2D eigenvalue weighted by atomic mass is 79.9. The average Bonchev–Trinajstić information content (AvgIpc) is 3.07. The number of carbonyl (C=O) groups is 1. The number of aliphatic hydroxyl groups is 1. The van der Waals surface area contributed by atoms with E-state index in [4.69, 9.17) is 0 Å². The van der Waals surface area contributed by atoms with Crippen molar-refractivity contribution in [2.75, 3.05) is 0 Å². The fourth-order valence-corrected chi connectivity index (χ4v) is 11.1. The summed E-state index contributed by atoms with van der Waals surface area (Å²) in [7, 11) is 0. The Morgan fingerprint density at radius 1 is 1.03 bits per heavy atom. The molecule has 1 N–H and O–H groups in total. The van der Waals surface area contributed by atoms with Crippen LogP contribution in [0.5, 0.6) is 0 Å². The number of aliphatic hydroxyl groups excluding tert-OH is 1. The maximum Gasteiger partial charge on any atom is 0.130 e. The lowest BCUT2D eigenvalue weighted by Crippen LogP contribution is -2.65. The summed E-state index contributed by atoms with van der Waals surface area (Å²) in [6.07, 6.45) is 14.3. The lowest BCUT2D eigenvalue weighted by molar-refractivity contribution is -0.149. The summed E-state index contributed by atoms with van der Waals surface area (Å²) in [6.45, 7) is 14.1. The van der Waals surface area contributed by atoms with Gasteiger partial charge in [-0.15, -0.1) is 0 Å². The van der Waals surface area contributed by atoms with Crippen LogP contribution in [-0.4, -0.2) is 21.3 Å². The molecule has 2 nitrogen and oxygen atoms in total. The van der Waals surface area contributed by atoms with Crippen LogP contribution < -0.4 is 0 Å². The smallest absolute Gasteiger partial charge is 0.130 e. The second-order valence-electron chi connectivity index (χ2n) is 14.0. The first kappa shape index (κ1) is 26.2. The highest BCUT2D eigenvalue weighted by Gasteiger charge is 2.67. The molecule has 0 bridgehead atoms. The number of carbonyl (C=O) groups excluding carboxylic acids is 1. The van der Waals surface area contributed by atoms with Crippen molar-refractivity contribution in [3.05, 3.63) is 0 Å². The van der Waals surface area contributed by atoms with Crippen molar-refractivity contribution in [2.24, 2.45) is 52.3 Å². The predicted octanol–water partition coefficient (Wildman–Crippen LogP) is 8.19. The minimum atomic E-state index is -0.289. The second kappa shape index (κ2) is 9.53. The van der Waals surface area contributed by atoms with Gasteiger partial charge in [0.1, 0.15) is 5.78 Å². The number of Topliss-reactive ketones (excluding diaryl/α,β-unsaturated/α-hetero) is 1. The number of hydrogen-bond donors (Lipinski definition) is 1. The molecule has 1 unspecified atom stereocenters. The Labute approximate surface area is 212 Å². The zero-order valence-electron chi connectivity index (χ0n) is 22.3. The van der Waals surface area contributed by atoms with E-state index in [0.717, 1.165) is 49.4 Å². The maximum absolute atomic E-state index is 11.8. The van der Waals surface area contributed by atoms with Crippen molar-refractivity contribution in [1.82, 2.24) is 0 Å². The first-order chi connectivity index (χ1) is 15.4. The molecule has 10 atom stereocenters. The van der Waals surface area contributed by atoms with Gasteiger partial charge in [-0.25, -0.2) is 0 Å². The van der Waals surface area contributed by atoms with Crippen molar-refractivity contribution in [1.29, 1.82) is 0 Å². The summed E-state index contributed by atoms with van der Waals surface area (Å²) in [4.78, 5) is 11.8. The van der Waals surface area contributed by atoms with Gasteiger partial charge in [0.2, 0.25) is 0 Å². The maximum atomic E-state index is 11.8. The third kappa shape index (κ3) is 4.42. The molecule has 4 fully saturated rings. The molecular weight excluding hydrogens is 472 g/mol. The summed E-state index contributed by atoms with van der Waals surface area (Å²) < 4.78 is -0.213. The number of hydrogen-bond acceptors (Lipinski definition) is 2. The summed E-state index contributed by atoms with van der Waals surface area (Å²) in [5.74, 6) is 5.41. The normalized spacial score (nSPS) is 48.2. The van der Waals surface area contributed by atoms with Crippen molar-refractivity contribution in [3.63, 3.8) is 0 Å². The molecule has 0 heterocycles. The van der Waals surface area contributed by atoms with Crippen molar-refractivity contribution in [3.8, 4) is 0 Å². The largest absolute Gasteiger partial charge is 0.392 e. The third-order valence-electron chi connectivity index (χ3n) is 11.7. The van der Waals surface area contributed by atoms with Crippen LogP contribution in [0.1, 0.15) is 119 Å². The lowest BCUT2D eigenvalue weighted by atomic mass is 9.43. The van der Waals surface area contributed by atoms with E-state index < -0.39 is 0 Å². The van der Waals surface area contributed by atoms with E-state index in [0.29, 0.717) is 35.4 Å². The van der Waals surface area contributed by atoms with E-state index in [1.807, 2.05) is 0 Å². The first-order valence-electron chi connectivity index (χ1n) is 14.3. The van der Waals surface area contributed by atoms with Gasteiger partial charge in [-0.2, -0.15) is 0 Å². The fraction of sp³-hybridized carbons (Fsp3) is 0.967. The zero-order valence-corrected chi connectivity index (χ0v) is 23.9. The molecule has 0 saturated heterocycles. The van der Waals surface area contributed by atoms with Crippen LogP contribution in [0.2, 0.25) is 0 Å². The molecule has 0 radical (unpaired) electrons. The monoisotopic (exact) mass is 522 g/mol. The van der Waals surface area contributed by atoms with E-state index in [2.05, 4.69) is 50.5 Å². The van der Waals surface area contributed by atoms with Crippen LogP contribution in [0.25, 0.3) is 0 Å². The molecule has 4 rings (SSSR count). The minimum absolute atomic E-state index is 0.144. The van der Waals surface area contributed by atoms with Gasteiger partial charge in [0.15, 0.2) is 0 Å². The Hall–Kier alpha value is 0.110. The molecule has 4 saturated carbocycles. The van der Waals surface area contributed by atoms with Crippen LogP contribution in [0.3, 0.4) is 0 Å². The topological polar surface area (TPSA) is 37.3 Å². The molecule has 4 aliphatic rings. The van der Waals surface area contributed by atoms with Gasteiger partial charge in [0.05, 0.1) is 10.4 Å². The number of alkyl halides is 1. The van der Waals surface area contributed by atoms with Crippen LogP contribution in [-0.2, 0) is 4.79 Å². The van der Waals surface area contributed by atoms with E-state index in [1.165, 1.54) is 44.9 Å². The SMILES string of the molecule is CC(=O)C[C@H]1CCC2(C)[C@H]3CC[C@]4(C)[C@@H]([C@H](C)CCCC(C)C)CC[C@H]4[C@@H]3C[C@@H](O)[C@@]2(Br)C1. The highest BCUT2D eigenvalue weighted by Crippen LogP contribution is 2.71. The number of ketones is 1. The minimum Gasteiger partial charge on any atom is -0.392 e. The van der Waals surface area contributed by atoms with Gasteiger partial charge >= 0.3 is 0 Å². The first-order valence-corrected chi connectivity index (χ1v) is 15.1. The number of fused-ring (bicyclic) bond motifs is 5.